The monoisotopic (exact) mass is 358 g/mol. The first-order valence-electron chi connectivity index (χ1n) is 9.08. The van der Waals surface area contributed by atoms with E-state index in [4.69, 9.17) is 9.40 Å². The van der Waals surface area contributed by atoms with Crippen molar-refractivity contribution in [3.05, 3.63) is 78.3 Å². The van der Waals surface area contributed by atoms with Crippen LogP contribution in [0.3, 0.4) is 0 Å². The number of imidazole rings is 1. The third-order valence-corrected chi connectivity index (χ3v) is 4.84. The van der Waals surface area contributed by atoms with Crippen LogP contribution in [-0.2, 0) is 6.42 Å². The largest absolute Gasteiger partial charge is 0.459 e. The highest BCUT2D eigenvalue weighted by Gasteiger charge is 2.22. The summed E-state index contributed by atoms with van der Waals surface area (Å²) < 4.78 is 8.25. The molecule has 0 radical (unpaired) electrons. The number of aryl methyl sites for hydroxylation is 2. The van der Waals surface area contributed by atoms with Gasteiger partial charge in [-0.3, -0.25) is 9.97 Å². The maximum absolute atomic E-state index is 6.07. The Bertz CT molecular complexity index is 1020. The molecule has 27 heavy (non-hydrogen) atoms. The van der Waals surface area contributed by atoms with Crippen LogP contribution in [0.1, 0.15) is 30.0 Å². The van der Waals surface area contributed by atoms with E-state index in [1.807, 2.05) is 37.6 Å². The molecule has 1 atom stereocenters. The lowest BCUT2D eigenvalue weighted by Crippen LogP contribution is -2.10. The average molecular weight is 358 g/mol. The van der Waals surface area contributed by atoms with Gasteiger partial charge in [-0.05, 0) is 32.4 Å². The summed E-state index contributed by atoms with van der Waals surface area (Å²) in [4.78, 5) is 13.3. The highest BCUT2D eigenvalue weighted by molar-refractivity contribution is 5.76. The fraction of sp³-hybridized carbons (Fsp3) is 0.227. The fourth-order valence-electron chi connectivity index (χ4n) is 3.27. The minimum absolute atomic E-state index is 0.160. The molecular formula is C22H22N4O. The van der Waals surface area contributed by atoms with E-state index in [0.717, 1.165) is 46.2 Å². The number of hydrogen-bond donors (Lipinski definition) is 0. The molecule has 4 aromatic rings. The van der Waals surface area contributed by atoms with Gasteiger partial charge in [-0.2, -0.15) is 0 Å². The van der Waals surface area contributed by atoms with Crippen molar-refractivity contribution in [3.63, 3.8) is 0 Å². The summed E-state index contributed by atoms with van der Waals surface area (Å²) in [5.74, 6) is 1.77. The van der Waals surface area contributed by atoms with Crippen molar-refractivity contribution in [1.29, 1.82) is 0 Å². The van der Waals surface area contributed by atoms with Gasteiger partial charge >= 0.3 is 0 Å². The zero-order valence-corrected chi connectivity index (χ0v) is 15.8. The standard InChI is InChI=1S/C22H22N4O/c1-15-11-20(27-17(15)3)22-21(18-7-5-4-6-8-18)25-14-26(22)16(2)12-19-13-23-9-10-24-19/h4-11,13-14,16H,12H2,1-3H3/t16-/m0/s1. The number of furan rings is 1. The van der Waals surface area contributed by atoms with Crippen LogP contribution in [0.4, 0.5) is 0 Å². The van der Waals surface area contributed by atoms with Crippen molar-refractivity contribution in [3.8, 4) is 22.7 Å². The van der Waals surface area contributed by atoms with Gasteiger partial charge in [0.2, 0.25) is 0 Å². The zero-order chi connectivity index (χ0) is 18.8. The molecule has 0 saturated heterocycles. The topological polar surface area (TPSA) is 56.7 Å². The van der Waals surface area contributed by atoms with Gasteiger partial charge in [0.25, 0.3) is 0 Å². The number of nitrogens with zero attached hydrogens (tertiary/aromatic N) is 4. The van der Waals surface area contributed by atoms with E-state index in [-0.39, 0.29) is 6.04 Å². The SMILES string of the molecule is Cc1cc(-c2c(-c3ccccc3)ncn2[C@@H](C)Cc2cnccn2)oc1C. The first kappa shape index (κ1) is 17.2. The molecule has 0 unspecified atom stereocenters. The maximum Gasteiger partial charge on any atom is 0.153 e. The highest BCUT2D eigenvalue weighted by Crippen LogP contribution is 2.35. The van der Waals surface area contributed by atoms with Crippen molar-refractivity contribution in [2.75, 3.05) is 0 Å². The normalized spacial score (nSPS) is 12.3. The lowest BCUT2D eigenvalue weighted by atomic mass is 10.1. The smallest absolute Gasteiger partial charge is 0.153 e. The molecule has 0 aliphatic carbocycles. The van der Waals surface area contributed by atoms with Gasteiger partial charge in [-0.25, -0.2) is 4.98 Å². The Morgan fingerprint density at radius 2 is 1.89 bits per heavy atom. The molecule has 5 heteroatoms. The third kappa shape index (κ3) is 3.40. The quantitative estimate of drug-likeness (QED) is 0.502. The van der Waals surface area contributed by atoms with Gasteiger partial charge in [0, 0.05) is 36.6 Å². The lowest BCUT2D eigenvalue weighted by molar-refractivity contribution is 0.512. The van der Waals surface area contributed by atoms with E-state index in [0.29, 0.717) is 0 Å². The second-order valence-electron chi connectivity index (χ2n) is 6.81. The molecular weight excluding hydrogens is 336 g/mol. The van der Waals surface area contributed by atoms with Gasteiger partial charge in [0.15, 0.2) is 5.76 Å². The van der Waals surface area contributed by atoms with Crippen molar-refractivity contribution < 1.29 is 4.42 Å². The number of hydrogen-bond acceptors (Lipinski definition) is 4. The molecule has 3 heterocycles. The van der Waals surface area contributed by atoms with Crippen LogP contribution in [0.15, 0.2) is 65.7 Å². The lowest BCUT2D eigenvalue weighted by Gasteiger charge is -2.16. The minimum Gasteiger partial charge on any atom is -0.459 e. The van der Waals surface area contributed by atoms with Gasteiger partial charge < -0.3 is 8.98 Å². The van der Waals surface area contributed by atoms with Crippen molar-refractivity contribution in [2.45, 2.75) is 33.2 Å². The first-order valence-corrected chi connectivity index (χ1v) is 9.08. The van der Waals surface area contributed by atoms with Crippen LogP contribution in [0.5, 0.6) is 0 Å². The van der Waals surface area contributed by atoms with E-state index in [9.17, 15) is 0 Å². The third-order valence-electron chi connectivity index (χ3n) is 4.84. The number of benzene rings is 1. The molecule has 0 aliphatic rings. The average Bonchev–Trinajstić information content (AvgIpc) is 3.27. The number of aromatic nitrogens is 4. The molecule has 0 amide bonds. The van der Waals surface area contributed by atoms with Crippen LogP contribution in [-0.4, -0.2) is 19.5 Å². The van der Waals surface area contributed by atoms with Gasteiger partial charge in [0.1, 0.15) is 11.5 Å². The van der Waals surface area contributed by atoms with Crippen molar-refractivity contribution in [2.24, 2.45) is 0 Å². The molecule has 4 rings (SSSR count). The molecule has 5 nitrogen and oxygen atoms in total. The Morgan fingerprint density at radius 1 is 1.07 bits per heavy atom. The summed E-state index contributed by atoms with van der Waals surface area (Å²) in [6, 6.07) is 12.5. The molecule has 136 valence electrons. The highest BCUT2D eigenvalue weighted by atomic mass is 16.3. The Balaban J connectivity index is 1.81. The van der Waals surface area contributed by atoms with Crippen LogP contribution >= 0.6 is 0 Å². The Hall–Kier alpha value is -3.21. The molecule has 0 saturated carbocycles. The van der Waals surface area contributed by atoms with E-state index in [1.54, 1.807) is 12.4 Å². The Morgan fingerprint density at radius 3 is 2.56 bits per heavy atom. The summed E-state index contributed by atoms with van der Waals surface area (Å²) >= 11 is 0. The van der Waals surface area contributed by atoms with E-state index >= 15 is 0 Å². The summed E-state index contributed by atoms with van der Waals surface area (Å²) in [5.41, 5.74) is 5.09. The summed E-state index contributed by atoms with van der Waals surface area (Å²) in [5, 5.41) is 0. The summed E-state index contributed by atoms with van der Waals surface area (Å²) in [7, 11) is 0. The van der Waals surface area contributed by atoms with Gasteiger partial charge in [0.05, 0.1) is 17.7 Å². The van der Waals surface area contributed by atoms with Crippen LogP contribution < -0.4 is 0 Å². The van der Waals surface area contributed by atoms with Gasteiger partial charge in [-0.1, -0.05) is 30.3 Å². The second kappa shape index (κ2) is 7.19. The molecule has 0 N–H and O–H groups in total. The van der Waals surface area contributed by atoms with Crippen molar-refractivity contribution in [1.82, 2.24) is 19.5 Å². The Kier molecular flexibility index (Phi) is 4.59. The first-order chi connectivity index (χ1) is 13.1. The predicted molar refractivity (Wildman–Crippen MR) is 105 cm³/mol. The van der Waals surface area contributed by atoms with E-state index < -0.39 is 0 Å². The number of rotatable bonds is 5. The molecule has 0 aliphatic heterocycles. The molecule has 1 aromatic carbocycles. The van der Waals surface area contributed by atoms with Crippen molar-refractivity contribution >= 4 is 0 Å². The van der Waals surface area contributed by atoms with Gasteiger partial charge in [-0.15, -0.1) is 0 Å². The van der Waals surface area contributed by atoms with E-state index in [2.05, 4.69) is 46.6 Å². The Labute approximate surface area is 158 Å². The molecule has 0 bridgehead atoms. The summed E-state index contributed by atoms with van der Waals surface area (Å²) in [6.07, 6.45) is 7.90. The predicted octanol–water partition coefficient (Wildman–Crippen LogP) is 5.02. The summed E-state index contributed by atoms with van der Waals surface area (Å²) in [6.45, 7) is 6.22. The molecule has 3 aromatic heterocycles. The maximum atomic E-state index is 6.07. The van der Waals surface area contributed by atoms with Crippen LogP contribution in [0.2, 0.25) is 0 Å². The van der Waals surface area contributed by atoms with Crippen LogP contribution in [0, 0.1) is 13.8 Å². The zero-order valence-electron chi connectivity index (χ0n) is 15.8. The molecule has 0 fully saturated rings. The van der Waals surface area contributed by atoms with Crippen LogP contribution in [0.25, 0.3) is 22.7 Å². The fourth-order valence-corrected chi connectivity index (χ4v) is 3.27. The van der Waals surface area contributed by atoms with E-state index in [1.165, 1.54) is 0 Å². The second-order valence-corrected chi connectivity index (χ2v) is 6.81. The molecule has 0 spiro atoms. The minimum atomic E-state index is 0.160.